The molecule has 1 saturated heterocycles. The number of carbonyl (C=O) groups is 3. The van der Waals surface area contributed by atoms with Crippen molar-refractivity contribution in [1.29, 1.82) is 0 Å². The van der Waals surface area contributed by atoms with Crippen LogP contribution in [0, 0.1) is 0 Å². The largest absolute Gasteiger partial charge is 0.497 e. The Hall–Kier alpha value is -4.37. The van der Waals surface area contributed by atoms with Crippen LogP contribution in [0.1, 0.15) is 60.8 Å². The van der Waals surface area contributed by atoms with Crippen LogP contribution in [-0.4, -0.2) is 42.2 Å². The van der Waals surface area contributed by atoms with Gasteiger partial charge in [0.25, 0.3) is 11.8 Å². The monoisotopic (exact) mass is 545 g/mol. The lowest BCUT2D eigenvalue weighted by Crippen LogP contribution is -2.32. The van der Waals surface area contributed by atoms with Crippen molar-refractivity contribution in [3.8, 4) is 23.0 Å². The third kappa shape index (κ3) is 5.24. The maximum absolute atomic E-state index is 12.2. The van der Waals surface area contributed by atoms with Gasteiger partial charge in [-0.1, -0.05) is 30.7 Å². The molecular weight excluding hydrogens is 514 g/mol. The van der Waals surface area contributed by atoms with E-state index in [9.17, 15) is 19.5 Å². The zero-order valence-electron chi connectivity index (χ0n) is 22.5. The molecule has 0 aliphatic carbocycles. The Labute approximate surface area is 232 Å². The summed E-state index contributed by atoms with van der Waals surface area (Å²) < 4.78 is 17.0. The van der Waals surface area contributed by atoms with Gasteiger partial charge in [0.05, 0.1) is 14.2 Å². The first-order valence-electron chi connectivity index (χ1n) is 13.3. The van der Waals surface area contributed by atoms with E-state index in [0.717, 1.165) is 24.8 Å². The van der Waals surface area contributed by atoms with Gasteiger partial charge in [-0.3, -0.25) is 9.59 Å². The van der Waals surface area contributed by atoms with Gasteiger partial charge in [0.2, 0.25) is 0 Å². The smallest absolute Gasteiger partial charge is 0.333 e. The summed E-state index contributed by atoms with van der Waals surface area (Å²) in [6.45, 7) is 0. The van der Waals surface area contributed by atoms with Crippen LogP contribution in [0.4, 0.5) is 0 Å². The molecule has 9 heteroatoms. The molecule has 1 unspecified atom stereocenters. The first-order chi connectivity index (χ1) is 19.3. The summed E-state index contributed by atoms with van der Waals surface area (Å²) in [7, 11) is 3.18. The third-order valence-electron chi connectivity index (χ3n) is 7.29. The summed E-state index contributed by atoms with van der Waals surface area (Å²) in [6, 6.07) is 18.5. The first kappa shape index (κ1) is 27.2. The Morgan fingerprint density at radius 2 is 1.48 bits per heavy atom. The van der Waals surface area contributed by atoms with Gasteiger partial charge in [-0.25, -0.2) is 4.79 Å². The lowest BCUT2D eigenvalue weighted by atomic mass is 9.77. The molecular formula is C31H31NO8. The molecule has 2 aliphatic rings. The summed E-state index contributed by atoms with van der Waals surface area (Å²) in [5.41, 5.74) is 1.51. The van der Waals surface area contributed by atoms with Crippen molar-refractivity contribution in [2.75, 3.05) is 14.2 Å². The average Bonchev–Trinajstić information content (AvgIpc) is 3.28. The highest BCUT2D eigenvalue weighted by Gasteiger charge is 2.42. The highest BCUT2D eigenvalue weighted by Crippen LogP contribution is 2.51. The lowest BCUT2D eigenvalue weighted by Gasteiger charge is -2.37. The van der Waals surface area contributed by atoms with Gasteiger partial charge in [-0.05, 0) is 60.7 Å². The number of aliphatic hydroxyl groups is 1. The zero-order valence-corrected chi connectivity index (χ0v) is 22.5. The molecule has 2 amide bonds. The number of ether oxygens (including phenoxy) is 3. The first-order valence-corrected chi connectivity index (χ1v) is 13.3. The number of hydrogen-bond donors (Lipinski definition) is 1. The van der Waals surface area contributed by atoms with Crippen molar-refractivity contribution in [3.05, 3.63) is 82.9 Å². The van der Waals surface area contributed by atoms with Crippen molar-refractivity contribution >= 4 is 17.8 Å². The van der Waals surface area contributed by atoms with E-state index in [-0.39, 0.29) is 19.3 Å². The number of amides is 2. The number of hydrogen-bond acceptors (Lipinski definition) is 8. The Morgan fingerprint density at radius 1 is 0.850 bits per heavy atom. The van der Waals surface area contributed by atoms with Crippen molar-refractivity contribution in [2.24, 2.45) is 0 Å². The molecule has 2 heterocycles. The average molecular weight is 546 g/mol. The normalized spacial score (nSPS) is 17.6. The molecule has 40 heavy (non-hydrogen) atoms. The predicted octanol–water partition coefficient (Wildman–Crippen LogP) is 4.80. The van der Waals surface area contributed by atoms with E-state index in [2.05, 4.69) is 0 Å². The molecule has 1 fully saturated rings. The number of fused-ring (bicyclic) bond motifs is 2. The second-order valence-corrected chi connectivity index (χ2v) is 9.84. The van der Waals surface area contributed by atoms with Gasteiger partial charge < -0.3 is 24.2 Å². The van der Waals surface area contributed by atoms with Crippen molar-refractivity contribution < 1.29 is 38.5 Å². The van der Waals surface area contributed by atoms with E-state index in [1.807, 2.05) is 48.5 Å². The maximum atomic E-state index is 12.2. The van der Waals surface area contributed by atoms with E-state index in [1.165, 1.54) is 0 Å². The fourth-order valence-corrected chi connectivity index (χ4v) is 5.11. The topological polar surface area (TPSA) is 112 Å². The van der Waals surface area contributed by atoms with Crippen LogP contribution in [0.2, 0.25) is 0 Å². The van der Waals surface area contributed by atoms with E-state index in [1.54, 1.807) is 26.4 Å². The van der Waals surface area contributed by atoms with Crippen LogP contribution in [0.5, 0.6) is 23.0 Å². The van der Waals surface area contributed by atoms with Gasteiger partial charge in [-0.2, -0.15) is 0 Å². The van der Waals surface area contributed by atoms with Crippen LogP contribution < -0.4 is 14.2 Å². The molecule has 0 bridgehead atoms. The fourth-order valence-electron chi connectivity index (χ4n) is 5.11. The van der Waals surface area contributed by atoms with Crippen LogP contribution in [0.3, 0.4) is 0 Å². The lowest BCUT2D eigenvalue weighted by molar-refractivity contribution is -0.197. The minimum atomic E-state index is -1.45. The summed E-state index contributed by atoms with van der Waals surface area (Å²) in [6.07, 6.45) is 3.14. The number of methoxy groups -OCH3 is 2. The molecule has 208 valence electrons. The van der Waals surface area contributed by atoms with Crippen LogP contribution in [-0.2, 0) is 31.2 Å². The second kappa shape index (κ2) is 11.4. The fraction of sp³-hybridized carbons (Fsp3) is 0.323. The van der Waals surface area contributed by atoms with E-state index >= 15 is 0 Å². The quantitative estimate of drug-likeness (QED) is 0.286. The number of unbranched alkanes of at least 4 members (excludes halogenated alkanes) is 2. The Morgan fingerprint density at radius 3 is 2.15 bits per heavy atom. The number of nitrogens with zero attached hydrogens (tertiary/aromatic N) is 1. The molecule has 0 radical (unpaired) electrons. The third-order valence-corrected chi connectivity index (χ3v) is 7.29. The van der Waals surface area contributed by atoms with Crippen molar-refractivity contribution in [2.45, 2.75) is 50.5 Å². The number of rotatable bonds is 10. The maximum Gasteiger partial charge on any atom is 0.333 e. The van der Waals surface area contributed by atoms with Gasteiger partial charge in [0, 0.05) is 36.5 Å². The molecule has 0 saturated carbocycles. The molecule has 9 nitrogen and oxygen atoms in total. The number of aryl methyl sites for hydroxylation is 1. The number of benzene rings is 3. The highest BCUT2D eigenvalue weighted by molar-refractivity contribution is 6.01. The predicted molar refractivity (Wildman–Crippen MR) is 144 cm³/mol. The molecule has 0 aromatic heterocycles. The van der Waals surface area contributed by atoms with Crippen LogP contribution >= 0.6 is 0 Å². The highest BCUT2D eigenvalue weighted by atomic mass is 16.7. The molecule has 2 aliphatic heterocycles. The Kier molecular flexibility index (Phi) is 7.75. The van der Waals surface area contributed by atoms with E-state index in [4.69, 9.17) is 19.0 Å². The molecule has 3 aromatic carbocycles. The van der Waals surface area contributed by atoms with E-state index in [0.29, 0.717) is 51.2 Å². The Bertz CT molecular complexity index is 1420. The van der Waals surface area contributed by atoms with Crippen molar-refractivity contribution in [3.63, 3.8) is 0 Å². The summed E-state index contributed by atoms with van der Waals surface area (Å²) >= 11 is 0. The summed E-state index contributed by atoms with van der Waals surface area (Å²) in [5.74, 6) is 0.832. The Balaban J connectivity index is 1.28. The molecule has 1 atom stereocenters. The molecule has 5 rings (SSSR count). The number of hydroxylamine groups is 2. The van der Waals surface area contributed by atoms with Gasteiger partial charge in [-0.15, -0.1) is 5.06 Å². The number of imide groups is 1. The number of carbonyl (C=O) groups excluding carboxylic acids is 3. The summed E-state index contributed by atoms with van der Waals surface area (Å²) in [4.78, 5) is 40.1. The van der Waals surface area contributed by atoms with Crippen LogP contribution in [0.15, 0.2) is 60.7 Å². The molecule has 3 aromatic rings. The van der Waals surface area contributed by atoms with Gasteiger partial charge in [0.15, 0.2) is 0 Å². The standard InChI is InChI=1S/C31H31NO8/c1-37-22-11-9-21(10-12-22)31(36)24-14-8-20(18-26(24)39-27-19-23(38-2)13-15-25(27)31)6-4-3-5-7-30(35)40-32-28(33)16-17-29(32)34/h8-15,18-19,36H,3-7,16-17H2,1-2H3. The van der Waals surface area contributed by atoms with E-state index < -0.39 is 23.4 Å². The zero-order chi connectivity index (χ0) is 28.3. The molecule has 0 spiro atoms. The molecule has 1 N–H and O–H groups in total. The minimum Gasteiger partial charge on any atom is -0.497 e. The van der Waals surface area contributed by atoms with Crippen molar-refractivity contribution in [1.82, 2.24) is 5.06 Å². The SMILES string of the molecule is COc1ccc(C2(O)c3ccc(CCCCCC(=O)ON4C(=O)CCC4=O)cc3Oc3cc(OC)ccc32)cc1. The van der Waals surface area contributed by atoms with Gasteiger partial charge in [0.1, 0.15) is 28.6 Å². The van der Waals surface area contributed by atoms with Gasteiger partial charge >= 0.3 is 5.97 Å². The summed E-state index contributed by atoms with van der Waals surface area (Å²) in [5, 5.41) is 12.8. The minimum absolute atomic E-state index is 0.0766. The van der Waals surface area contributed by atoms with Crippen LogP contribution in [0.25, 0.3) is 0 Å². The second-order valence-electron chi connectivity index (χ2n) is 9.84.